The molecule has 3 amide bonds. The van der Waals surface area contributed by atoms with Gasteiger partial charge in [-0.2, -0.15) is 4.31 Å². The number of rotatable bonds is 2. The van der Waals surface area contributed by atoms with E-state index in [2.05, 4.69) is 4.74 Å². The van der Waals surface area contributed by atoms with Crippen LogP contribution in [0.2, 0.25) is 0 Å². The number of ether oxygens (including phenoxy) is 1. The number of imide groups is 1. The molecule has 0 aromatic heterocycles. The van der Waals surface area contributed by atoms with Crippen molar-refractivity contribution in [2.45, 2.75) is 16.7 Å². The van der Waals surface area contributed by atoms with E-state index in [9.17, 15) is 40.8 Å². The number of hydrogen-bond acceptors (Lipinski definition) is 10. The molecule has 0 atom stereocenters. The Hall–Kier alpha value is -3.91. The molecule has 2 aliphatic heterocycles. The fraction of sp³-hybridized carbons (Fsp3) is 0.0556. The minimum absolute atomic E-state index is 0.0116. The Labute approximate surface area is 181 Å². The molecule has 0 fully saturated rings. The number of hydrogen-bond donors (Lipinski definition) is 1. The van der Waals surface area contributed by atoms with Crippen LogP contribution < -0.4 is 4.72 Å². The maximum Gasteiger partial charge on any atom is 0.310 e. The summed E-state index contributed by atoms with van der Waals surface area (Å²) in [7, 11) is -7.48. The maximum absolute atomic E-state index is 11.5. The van der Waals surface area contributed by atoms with Crippen LogP contribution in [0.3, 0.4) is 0 Å². The lowest BCUT2D eigenvalue weighted by Gasteiger charge is -2.03. The van der Waals surface area contributed by atoms with E-state index in [1.165, 1.54) is 30.3 Å². The van der Waals surface area contributed by atoms with Gasteiger partial charge < -0.3 is 4.74 Å². The SMILES string of the molecule is CC(=O)OC=O.O=C1NS(=O)(=O)c2ccccc21.O=CN1C(=O)c2ccccc2S1(=O)=O. The first-order valence-corrected chi connectivity index (χ1v) is 11.3. The summed E-state index contributed by atoms with van der Waals surface area (Å²) in [6.07, 6.45) is 0.0116. The Morgan fingerprint density at radius 2 is 1.44 bits per heavy atom. The number of carbonyl (C=O) groups excluding carboxylic acids is 5. The minimum Gasteiger partial charge on any atom is -0.396 e. The number of carbonyl (C=O) groups is 5. The molecular formula is C18H14N2O10S2. The summed E-state index contributed by atoms with van der Waals surface area (Å²) in [6, 6.07) is 11.8. The number of esters is 1. The fourth-order valence-corrected chi connectivity index (χ4v) is 4.99. The van der Waals surface area contributed by atoms with Gasteiger partial charge in [0.2, 0.25) is 6.41 Å². The van der Waals surface area contributed by atoms with E-state index in [1.807, 2.05) is 4.72 Å². The van der Waals surface area contributed by atoms with Crippen molar-refractivity contribution in [3.8, 4) is 0 Å². The van der Waals surface area contributed by atoms with E-state index < -0.39 is 37.8 Å². The van der Waals surface area contributed by atoms with E-state index in [-0.39, 0.29) is 38.1 Å². The Balaban J connectivity index is 0.000000184. The number of benzene rings is 2. The Morgan fingerprint density at radius 3 is 1.88 bits per heavy atom. The third-order valence-corrected chi connectivity index (χ3v) is 6.88. The average molecular weight is 482 g/mol. The van der Waals surface area contributed by atoms with E-state index in [0.29, 0.717) is 0 Å². The third-order valence-electron chi connectivity index (χ3n) is 3.81. The van der Waals surface area contributed by atoms with Gasteiger partial charge in [-0.25, -0.2) is 21.6 Å². The molecule has 0 unspecified atom stereocenters. The van der Waals surface area contributed by atoms with Crippen LogP contribution in [0.25, 0.3) is 0 Å². The summed E-state index contributed by atoms with van der Waals surface area (Å²) in [5.74, 6) is -1.92. The summed E-state index contributed by atoms with van der Waals surface area (Å²) < 4.78 is 51.1. The average Bonchev–Trinajstić information content (AvgIpc) is 3.09. The highest BCUT2D eigenvalue weighted by atomic mass is 32.2. The molecule has 2 aromatic rings. The molecule has 1 N–H and O–H groups in total. The normalized spacial score (nSPS) is 16.1. The number of sulfonamides is 2. The van der Waals surface area contributed by atoms with Gasteiger partial charge in [0.25, 0.3) is 31.9 Å². The van der Waals surface area contributed by atoms with Gasteiger partial charge in [-0.3, -0.25) is 24.0 Å². The summed E-state index contributed by atoms with van der Waals surface area (Å²) in [6.45, 7) is 1.26. The lowest BCUT2D eigenvalue weighted by atomic mass is 10.2. The summed E-state index contributed by atoms with van der Waals surface area (Å²) in [5, 5.41) is 0. The second-order valence-electron chi connectivity index (χ2n) is 5.84. The molecule has 14 heteroatoms. The van der Waals surface area contributed by atoms with Crippen LogP contribution in [0, 0.1) is 0 Å². The van der Waals surface area contributed by atoms with Crippen LogP contribution in [0.15, 0.2) is 58.3 Å². The topological polar surface area (TPSA) is 178 Å². The largest absolute Gasteiger partial charge is 0.396 e. The molecule has 0 spiro atoms. The van der Waals surface area contributed by atoms with Gasteiger partial charge >= 0.3 is 12.4 Å². The van der Waals surface area contributed by atoms with E-state index >= 15 is 0 Å². The predicted octanol–water partition coefficient (Wildman–Crippen LogP) is -0.188. The van der Waals surface area contributed by atoms with Crippen molar-refractivity contribution in [3.63, 3.8) is 0 Å². The molecule has 0 aliphatic carbocycles. The highest BCUT2D eigenvalue weighted by Gasteiger charge is 2.40. The smallest absolute Gasteiger partial charge is 0.310 e. The molecule has 168 valence electrons. The molecule has 0 saturated heterocycles. The van der Waals surface area contributed by atoms with Gasteiger partial charge in [0.05, 0.1) is 11.1 Å². The lowest BCUT2D eigenvalue weighted by molar-refractivity contribution is -0.149. The van der Waals surface area contributed by atoms with Crippen LogP contribution in [0.5, 0.6) is 0 Å². The first-order chi connectivity index (χ1) is 15.0. The molecule has 0 saturated carbocycles. The minimum atomic E-state index is -3.93. The van der Waals surface area contributed by atoms with E-state index in [0.717, 1.165) is 6.92 Å². The molecule has 0 bridgehead atoms. The van der Waals surface area contributed by atoms with E-state index in [1.54, 1.807) is 18.2 Å². The van der Waals surface area contributed by atoms with Crippen LogP contribution in [-0.4, -0.2) is 51.8 Å². The molecule has 4 rings (SSSR count). The number of fused-ring (bicyclic) bond motifs is 2. The zero-order valence-electron chi connectivity index (χ0n) is 16.1. The molecule has 2 heterocycles. The molecular weight excluding hydrogens is 468 g/mol. The zero-order valence-corrected chi connectivity index (χ0v) is 17.8. The fourth-order valence-electron chi connectivity index (χ4n) is 2.49. The van der Waals surface area contributed by atoms with Crippen LogP contribution in [0.4, 0.5) is 0 Å². The van der Waals surface area contributed by atoms with Crippen LogP contribution >= 0.6 is 0 Å². The Bertz CT molecular complexity index is 1320. The number of nitrogens with zero attached hydrogens (tertiary/aromatic N) is 1. The van der Waals surface area contributed by atoms with Crippen LogP contribution in [-0.2, 0) is 39.2 Å². The van der Waals surface area contributed by atoms with Gasteiger partial charge in [0.1, 0.15) is 9.79 Å². The van der Waals surface area contributed by atoms with E-state index in [4.69, 9.17) is 0 Å². The quantitative estimate of drug-likeness (QED) is 0.343. The maximum atomic E-state index is 11.5. The molecule has 12 nitrogen and oxygen atoms in total. The van der Waals surface area contributed by atoms with Gasteiger partial charge in [-0.05, 0) is 24.3 Å². The van der Waals surface area contributed by atoms with Crippen molar-refractivity contribution in [2.75, 3.05) is 0 Å². The van der Waals surface area contributed by atoms with Gasteiger partial charge in [0.15, 0.2) is 0 Å². The summed E-state index contributed by atoms with van der Waals surface area (Å²) >= 11 is 0. The van der Waals surface area contributed by atoms with Gasteiger partial charge in [0, 0.05) is 6.92 Å². The monoisotopic (exact) mass is 482 g/mol. The van der Waals surface area contributed by atoms with Crippen molar-refractivity contribution in [1.82, 2.24) is 9.03 Å². The molecule has 32 heavy (non-hydrogen) atoms. The van der Waals surface area contributed by atoms with Crippen molar-refractivity contribution in [3.05, 3.63) is 59.7 Å². The predicted molar refractivity (Wildman–Crippen MR) is 105 cm³/mol. The van der Waals surface area contributed by atoms with Gasteiger partial charge in [-0.15, -0.1) is 0 Å². The number of nitrogens with one attached hydrogen (secondary N) is 1. The second-order valence-corrected chi connectivity index (χ2v) is 9.28. The van der Waals surface area contributed by atoms with Crippen molar-refractivity contribution in [2.24, 2.45) is 0 Å². The Kier molecular flexibility index (Phi) is 7.22. The molecule has 2 aliphatic rings. The Morgan fingerprint density at radius 1 is 0.906 bits per heavy atom. The third kappa shape index (κ3) is 4.87. The summed E-state index contributed by atoms with van der Waals surface area (Å²) in [4.78, 5) is 51.5. The highest BCUT2D eigenvalue weighted by Crippen LogP contribution is 2.28. The second kappa shape index (κ2) is 9.49. The van der Waals surface area contributed by atoms with Crippen molar-refractivity contribution in [1.29, 1.82) is 0 Å². The highest BCUT2D eigenvalue weighted by molar-refractivity contribution is 7.91. The summed E-state index contributed by atoms with van der Waals surface area (Å²) in [5.41, 5.74) is 0.261. The first kappa shape index (κ1) is 24.4. The van der Waals surface area contributed by atoms with Crippen molar-refractivity contribution < 1.29 is 45.5 Å². The van der Waals surface area contributed by atoms with Crippen LogP contribution in [0.1, 0.15) is 27.6 Å². The molecule has 0 radical (unpaired) electrons. The number of amides is 3. The van der Waals surface area contributed by atoms with Gasteiger partial charge in [-0.1, -0.05) is 24.3 Å². The molecule has 2 aromatic carbocycles. The zero-order chi connectivity index (χ0) is 24.1. The standard InChI is InChI=1S/C8H5NO4S.C7H5NO3S.C3H4O3/c10-5-9-8(11)6-3-1-2-4-7(6)14(9,12)13;9-7-5-3-1-2-4-6(5)12(10,11)8-7;1-3(5)6-2-4/h1-5H;1-4H,(H,8,9);2H,1H3. The van der Waals surface area contributed by atoms with Crippen molar-refractivity contribution >= 4 is 50.7 Å². The lowest BCUT2D eigenvalue weighted by Crippen LogP contribution is -2.28. The first-order valence-electron chi connectivity index (χ1n) is 8.37.